The summed E-state index contributed by atoms with van der Waals surface area (Å²) >= 11 is 0. The fourth-order valence-corrected chi connectivity index (χ4v) is 1.51. The van der Waals surface area contributed by atoms with E-state index in [1.54, 1.807) is 0 Å². The van der Waals surface area contributed by atoms with E-state index in [1.165, 1.54) is 6.42 Å². The molecule has 0 amide bonds. The van der Waals surface area contributed by atoms with Crippen molar-refractivity contribution in [1.82, 2.24) is 0 Å². The van der Waals surface area contributed by atoms with Crippen LogP contribution in [0.4, 0.5) is 0 Å². The standard InChI is InChI=1S/C7H10/c1-2-7-4-3-6(1)5-7/h1-2,6-7H,3-5H2/i3T. The maximum absolute atomic E-state index is 7.47. The van der Waals surface area contributed by atoms with Gasteiger partial charge in [-0.2, -0.15) is 0 Å². The molecular formula is C7H10. The summed E-state index contributed by atoms with van der Waals surface area (Å²) in [6.45, 7) is 0. The first kappa shape index (κ1) is 2.91. The molecule has 0 heteroatoms. The van der Waals surface area contributed by atoms with Crippen molar-refractivity contribution in [3.05, 3.63) is 12.2 Å². The van der Waals surface area contributed by atoms with Crippen LogP contribution >= 0.6 is 0 Å². The lowest BCUT2D eigenvalue weighted by Crippen LogP contribution is -1.82. The van der Waals surface area contributed by atoms with Crippen molar-refractivity contribution in [1.29, 1.82) is 0 Å². The Bertz CT molecular complexity index is 128. The molecule has 0 spiro atoms. The number of allylic oxidation sites excluding steroid dienone is 2. The van der Waals surface area contributed by atoms with Gasteiger partial charge < -0.3 is 0 Å². The van der Waals surface area contributed by atoms with E-state index in [1.807, 2.05) is 0 Å². The highest BCUT2D eigenvalue weighted by molar-refractivity contribution is 5.06. The summed E-state index contributed by atoms with van der Waals surface area (Å²) in [6.07, 6.45) is 7.13. The average Bonchev–Trinajstić information content (AvgIpc) is 2.23. The molecule has 0 N–H and O–H groups in total. The van der Waals surface area contributed by atoms with Crippen LogP contribution in [0, 0.1) is 11.8 Å². The highest BCUT2D eigenvalue weighted by atomic mass is 14.3. The van der Waals surface area contributed by atoms with Crippen molar-refractivity contribution >= 4 is 0 Å². The molecule has 0 saturated heterocycles. The number of rotatable bonds is 0. The first-order valence-corrected chi connectivity index (χ1v) is 2.97. The molecule has 38 valence electrons. The van der Waals surface area contributed by atoms with E-state index in [0.29, 0.717) is 5.92 Å². The predicted molar refractivity (Wildman–Crippen MR) is 30.0 cm³/mol. The first-order valence-electron chi connectivity index (χ1n) is 3.54. The minimum absolute atomic E-state index is 0.241. The van der Waals surface area contributed by atoms with Gasteiger partial charge in [0.1, 0.15) is 0 Å². The largest absolute Gasteiger partial charge is 0.0851 e. The summed E-state index contributed by atoms with van der Waals surface area (Å²) < 4.78 is 7.47. The third-order valence-electron chi connectivity index (χ3n) is 1.95. The highest BCUT2D eigenvalue weighted by Crippen LogP contribution is 2.38. The van der Waals surface area contributed by atoms with Gasteiger partial charge in [-0.25, -0.2) is 0 Å². The van der Waals surface area contributed by atoms with Gasteiger partial charge in [0, 0.05) is 1.37 Å². The summed E-state index contributed by atoms with van der Waals surface area (Å²) in [5.74, 6) is 1.41. The maximum Gasteiger partial charge on any atom is 0.0273 e. The number of hydrogen-bond acceptors (Lipinski definition) is 0. The smallest absolute Gasteiger partial charge is 0.0273 e. The van der Waals surface area contributed by atoms with Gasteiger partial charge in [-0.3, -0.25) is 0 Å². The third kappa shape index (κ3) is 0.425. The van der Waals surface area contributed by atoms with E-state index in [9.17, 15) is 0 Å². The lowest BCUT2D eigenvalue weighted by atomic mass is 10.1. The summed E-state index contributed by atoms with van der Waals surface area (Å²) in [7, 11) is 0. The lowest BCUT2D eigenvalue weighted by Gasteiger charge is -1.96. The van der Waals surface area contributed by atoms with Crippen molar-refractivity contribution in [3.8, 4) is 0 Å². The summed E-state index contributed by atoms with van der Waals surface area (Å²) in [5.41, 5.74) is 0. The molecule has 3 unspecified atom stereocenters. The van der Waals surface area contributed by atoms with E-state index in [0.717, 1.165) is 12.3 Å². The van der Waals surface area contributed by atoms with Crippen molar-refractivity contribution in [2.45, 2.75) is 19.2 Å². The van der Waals surface area contributed by atoms with Crippen molar-refractivity contribution in [2.75, 3.05) is 0 Å². The molecule has 2 rings (SSSR count). The van der Waals surface area contributed by atoms with Gasteiger partial charge in [0.2, 0.25) is 0 Å². The van der Waals surface area contributed by atoms with E-state index in [2.05, 4.69) is 12.2 Å². The average molecular weight is 96.2 g/mol. The van der Waals surface area contributed by atoms with Gasteiger partial charge >= 0.3 is 0 Å². The zero-order valence-electron chi connectivity index (χ0n) is 5.30. The summed E-state index contributed by atoms with van der Waals surface area (Å²) in [4.78, 5) is 0. The van der Waals surface area contributed by atoms with Crippen molar-refractivity contribution < 1.29 is 1.37 Å². The molecule has 0 heterocycles. The molecule has 1 fully saturated rings. The Labute approximate surface area is 45.6 Å². The number of fused-ring (bicyclic) bond motifs is 2. The fourth-order valence-electron chi connectivity index (χ4n) is 1.51. The molecule has 3 atom stereocenters. The van der Waals surface area contributed by atoms with Crippen LogP contribution in [0.25, 0.3) is 0 Å². The van der Waals surface area contributed by atoms with Crippen LogP contribution in [0.5, 0.6) is 0 Å². The van der Waals surface area contributed by atoms with Gasteiger partial charge in [0.25, 0.3) is 0 Å². The molecular weight excluding hydrogens is 84.1 g/mol. The normalized spacial score (nSPS) is 58.3. The van der Waals surface area contributed by atoms with E-state index < -0.39 is 0 Å². The second kappa shape index (κ2) is 1.12. The van der Waals surface area contributed by atoms with Crippen LogP contribution in [0.3, 0.4) is 0 Å². The van der Waals surface area contributed by atoms with Crippen LogP contribution in [0.2, 0.25) is 0 Å². The minimum Gasteiger partial charge on any atom is -0.0851 e. The van der Waals surface area contributed by atoms with Gasteiger partial charge in [0.05, 0.1) is 0 Å². The topological polar surface area (TPSA) is 0 Å². The van der Waals surface area contributed by atoms with Crippen molar-refractivity contribution in [3.63, 3.8) is 0 Å². The molecule has 0 aromatic rings. The van der Waals surface area contributed by atoms with E-state index >= 15 is 0 Å². The summed E-state index contributed by atoms with van der Waals surface area (Å²) in [6, 6.07) is 0. The lowest BCUT2D eigenvalue weighted by molar-refractivity contribution is 0.691. The molecule has 0 aliphatic heterocycles. The Hall–Kier alpha value is -0.260. The Kier molecular flexibility index (Phi) is 0.464. The predicted octanol–water partition coefficient (Wildman–Crippen LogP) is 1.97. The van der Waals surface area contributed by atoms with E-state index in [-0.39, 0.29) is 6.40 Å². The quantitative estimate of drug-likeness (QED) is 0.404. The Balaban J connectivity index is 2.23. The fraction of sp³-hybridized carbons (Fsp3) is 0.714. The molecule has 0 radical (unpaired) electrons. The highest BCUT2D eigenvalue weighted by Gasteiger charge is 2.25. The molecule has 2 aliphatic rings. The molecule has 0 nitrogen and oxygen atoms in total. The van der Waals surface area contributed by atoms with Crippen LogP contribution in [0.1, 0.15) is 20.6 Å². The SMILES string of the molecule is [3H]C1CC2C=CC1C2. The van der Waals surface area contributed by atoms with Gasteiger partial charge in [-0.1, -0.05) is 12.2 Å². The Morgan fingerprint density at radius 1 is 1.43 bits per heavy atom. The van der Waals surface area contributed by atoms with Gasteiger partial charge in [-0.05, 0) is 31.1 Å². The maximum atomic E-state index is 7.47. The van der Waals surface area contributed by atoms with Gasteiger partial charge in [-0.15, -0.1) is 0 Å². The third-order valence-corrected chi connectivity index (χ3v) is 1.95. The first-order chi connectivity index (χ1) is 3.86. The monoisotopic (exact) mass is 96.1 g/mol. The van der Waals surface area contributed by atoms with Crippen molar-refractivity contribution in [2.24, 2.45) is 11.8 Å². The van der Waals surface area contributed by atoms with Crippen LogP contribution < -0.4 is 0 Å². The van der Waals surface area contributed by atoms with Crippen LogP contribution in [0.15, 0.2) is 12.2 Å². The van der Waals surface area contributed by atoms with Crippen LogP contribution in [-0.4, -0.2) is 0 Å². The molecule has 0 aromatic heterocycles. The molecule has 7 heavy (non-hydrogen) atoms. The Morgan fingerprint density at radius 2 is 2.29 bits per heavy atom. The zero-order valence-corrected chi connectivity index (χ0v) is 4.30. The second-order valence-corrected chi connectivity index (χ2v) is 2.52. The minimum atomic E-state index is 0.241. The number of hydrogen-bond donors (Lipinski definition) is 0. The molecule has 0 aromatic carbocycles. The zero-order chi connectivity index (χ0) is 5.56. The summed E-state index contributed by atoms with van der Waals surface area (Å²) in [5, 5.41) is 0. The molecule has 2 aliphatic carbocycles. The molecule has 1 saturated carbocycles. The second-order valence-electron chi connectivity index (χ2n) is 2.52. The van der Waals surface area contributed by atoms with E-state index in [4.69, 9.17) is 1.37 Å². The van der Waals surface area contributed by atoms with Gasteiger partial charge in [0.15, 0.2) is 0 Å². The Morgan fingerprint density at radius 3 is 2.57 bits per heavy atom. The van der Waals surface area contributed by atoms with Crippen LogP contribution in [-0.2, 0) is 0 Å². The molecule has 2 bridgehead atoms.